The van der Waals surface area contributed by atoms with Crippen LogP contribution in [0.1, 0.15) is 47.2 Å². The van der Waals surface area contributed by atoms with E-state index in [4.69, 9.17) is 4.74 Å². The van der Waals surface area contributed by atoms with Gasteiger partial charge in [-0.25, -0.2) is 4.39 Å². The van der Waals surface area contributed by atoms with E-state index in [1.807, 2.05) is 0 Å². The van der Waals surface area contributed by atoms with E-state index in [9.17, 15) is 14.0 Å². The van der Waals surface area contributed by atoms with Gasteiger partial charge in [0.05, 0.1) is 0 Å². The topological polar surface area (TPSA) is 67.4 Å². The number of anilines is 1. The molecule has 0 heterocycles. The molecule has 0 aliphatic heterocycles. The van der Waals surface area contributed by atoms with E-state index >= 15 is 0 Å². The Balaban J connectivity index is 1.51. The molecule has 0 unspecified atom stereocenters. The van der Waals surface area contributed by atoms with Gasteiger partial charge in [0.1, 0.15) is 11.6 Å². The van der Waals surface area contributed by atoms with E-state index in [2.05, 4.69) is 10.6 Å². The number of benzene rings is 2. The first kappa shape index (κ1) is 18.5. The molecule has 2 aliphatic rings. The van der Waals surface area contributed by atoms with Gasteiger partial charge in [0.25, 0.3) is 11.8 Å². The largest absolute Gasteiger partial charge is 0.483 e. The number of amides is 2. The summed E-state index contributed by atoms with van der Waals surface area (Å²) in [7, 11) is 0. The Bertz CT molecular complexity index is 909. The van der Waals surface area contributed by atoms with Gasteiger partial charge in [0, 0.05) is 17.3 Å². The highest BCUT2D eigenvalue weighted by Crippen LogP contribution is 2.33. The van der Waals surface area contributed by atoms with Gasteiger partial charge < -0.3 is 15.4 Å². The van der Waals surface area contributed by atoms with Crippen LogP contribution in [-0.2, 0) is 17.6 Å². The second-order valence-electron chi connectivity index (χ2n) is 7.37. The third-order valence-corrected chi connectivity index (χ3v) is 5.12. The van der Waals surface area contributed by atoms with Crippen molar-refractivity contribution in [2.24, 2.45) is 0 Å². The van der Waals surface area contributed by atoms with Crippen LogP contribution in [-0.4, -0.2) is 24.5 Å². The minimum Gasteiger partial charge on any atom is -0.483 e. The second-order valence-corrected chi connectivity index (χ2v) is 7.37. The molecule has 1 saturated carbocycles. The van der Waals surface area contributed by atoms with Crippen molar-refractivity contribution in [1.29, 1.82) is 0 Å². The van der Waals surface area contributed by atoms with Gasteiger partial charge in [-0.3, -0.25) is 9.59 Å². The lowest BCUT2D eigenvalue weighted by Gasteiger charge is -2.22. The average molecular weight is 382 g/mol. The summed E-state index contributed by atoms with van der Waals surface area (Å²) in [4.78, 5) is 24.7. The minimum atomic E-state index is -0.395. The van der Waals surface area contributed by atoms with Crippen LogP contribution in [0.15, 0.2) is 36.4 Å². The number of rotatable bonds is 6. The summed E-state index contributed by atoms with van der Waals surface area (Å²) < 4.78 is 19.1. The number of ether oxygens (including phenoxy) is 1. The number of halogens is 1. The van der Waals surface area contributed by atoms with E-state index < -0.39 is 5.82 Å². The fourth-order valence-electron chi connectivity index (χ4n) is 3.59. The first-order chi connectivity index (χ1) is 13.6. The molecule has 0 radical (unpaired) electrons. The van der Waals surface area contributed by atoms with Crippen molar-refractivity contribution >= 4 is 17.5 Å². The van der Waals surface area contributed by atoms with Crippen molar-refractivity contribution in [2.75, 3.05) is 11.9 Å². The maximum Gasteiger partial charge on any atom is 0.258 e. The molecule has 2 aromatic rings. The summed E-state index contributed by atoms with van der Waals surface area (Å²) in [5, 5.41) is 5.67. The van der Waals surface area contributed by atoms with Crippen LogP contribution in [0.4, 0.5) is 10.1 Å². The molecule has 0 saturated heterocycles. The van der Waals surface area contributed by atoms with Crippen LogP contribution in [0.25, 0.3) is 0 Å². The molecule has 2 aliphatic carbocycles. The summed E-state index contributed by atoms with van der Waals surface area (Å²) >= 11 is 0. The summed E-state index contributed by atoms with van der Waals surface area (Å²) in [6.45, 7) is -0.0161. The second kappa shape index (κ2) is 8.00. The Morgan fingerprint density at radius 1 is 1.07 bits per heavy atom. The molecule has 0 bridgehead atoms. The molecular formula is C22H23FN2O3. The van der Waals surface area contributed by atoms with Crippen molar-refractivity contribution in [1.82, 2.24) is 5.32 Å². The van der Waals surface area contributed by atoms with E-state index in [0.717, 1.165) is 49.7 Å². The quantitative estimate of drug-likeness (QED) is 0.802. The Hall–Kier alpha value is -2.89. The fourth-order valence-corrected chi connectivity index (χ4v) is 3.59. The minimum absolute atomic E-state index is 0.0161. The first-order valence-electron chi connectivity index (χ1n) is 9.74. The fraction of sp³-hybridized carbons (Fsp3) is 0.364. The zero-order valence-corrected chi connectivity index (χ0v) is 15.6. The van der Waals surface area contributed by atoms with Crippen LogP contribution >= 0.6 is 0 Å². The number of carbonyl (C=O) groups excluding carboxylic acids is 2. The van der Waals surface area contributed by atoms with Crippen LogP contribution < -0.4 is 15.4 Å². The van der Waals surface area contributed by atoms with Gasteiger partial charge in [-0.15, -0.1) is 0 Å². The van der Waals surface area contributed by atoms with Crippen LogP contribution in [0.5, 0.6) is 5.75 Å². The standard InChI is InChI=1S/C22H23FN2O3/c23-14-4-3-5-16(12-14)25-22(27)19-10-11-20(18-7-2-1-6-17(18)19)28-13-21(26)24-15-8-9-15/h3-5,10-12,15H,1-2,6-9,13H2,(H,24,26)(H,25,27). The first-order valence-corrected chi connectivity index (χ1v) is 9.74. The number of nitrogens with one attached hydrogen (secondary N) is 2. The van der Waals surface area contributed by atoms with E-state index in [1.54, 1.807) is 24.3 Å². The van der Waals surface area contributed by atoms with Gasteiger partial charge in [-0.1, -0.05) is 6.07 Å². The van der Waals surface area contributed by atoms with Gasteiger partial charge in [0.2, 0.25) is 0 Å². The SMILES string of the molecule is O=C(COc1ccc(C(=O)Nc2cccc(F)c2)c2c1CCCC2)NC1CC1. The molecule has 2 N–H and O–H groups in total. The number of hydrogen-bond acceptors (Lipinski definition) is 3. The van der Waals surface area contributed by atoms with E-state index in [1.165, 1.54) is 12.1 Å². The molecular weight excluding hydrogens is 359 g/mol. The lowest BCUT2D eigenvalue weighted by Crippen LogP contribution is -2.30. The maximum absolute atomic E-state index is 13.4. The van der Waals surface area contributed by atoms with E-state index in [0.29, 0.717) is 23.0 Å². The number of hydrogen-bond donors (Lipinski definition) is 2. The zero-order valence-electron chi connectivity index (χ0n) is 15.6. The maximum atomic E-state index is 13.4. The Kier molecular flexibility index (Phi) is 5.28. The Labute approximate surface area is 163 Å². The van der Waals surface area contributed by atoms with Crippen molar-refractivity contribution in [3.63, 3.8) is 0 Å². The third kappa shape index (κ3) is 4.32. The highest BCUT2D eigenvalue weighted by molar-refractivity contribution is 6.05. The van der Waals surface area contributed by atoms with Crippen LogP contribution in [0.2, 0.25) is 0 Å². The summed E-state index contributed by atoms with van der Waals surface area (Å²) in [5.74, 6) is -0.0993. The Morgan fingerprint density at radius 2 is 1.86 bits per heavy atom. The van der Waals surface area contributed by atoms with Gasteiger partial charge in [-0.2, -0.15) is 0 Å². The normalized spacial score (nSPS) is 15.5. The molecule has 4 rings (SSSR count). The zero-order chi connectivity index (χ0) is 19.5. The Morgan fingerprint density at radius 3 is 2.61 bits per heavy atom. The molecule has 2 aromatic carbocycles. The van der Waals surface area contributed by atoms with Crippen molar-refractivity contribution in [2.45, 2.75) is 44.6 Å². The smallest absolute Gasteiger partial charge is 0.258 e. The van der Waals surface area contributed by atoms with Crippen molar-refractivity contribution in [3.05, 3.63) is 58.9 Å². The number of carbonyl (C=O) groups is 2. The molecule has 0 aromatic heterocycles. The predicted molar refractivity (Wildman–Crippen MR) is 104 cm³/mol. The predicted octanol–water partition coefficient (Wildman–Crippen LogP) is 3.61. The average Bonchev–Trinajstić information content (AvgIpc) is 3.50. The molecule has 146 valence electrons. The summed E-state index contributed by atoms with van der Waals surface area (Å²) in [6.07, 6.45) is 5.70. The highest BCUT2D eigenvalue weighted by atomic mass is 19.1. The summed E-state index contributed by atoms with van der Waals surface area (Å²) in [6, 6.07) is 9.64. The lowest BCUT2D eigenvalue weighted by molar-refractivity contribution is -0.123. The third-order valence-electron chi connectivity index (χ3n) is 5.12. The molecule has 1 fully saturated rings. The van der Waals surface area contributed by atoms with Crippen LogP contribution in [0.3, 0.4) is 0 Å². The summed E-state index contributed by atoms with van der Waals surface area (Å²) in [5.41, 5.74) is 2.96. The van der Waals surface area contributed by atoms with Gasteiger partial charge >= 0.3 is 0 Å². The van der Waals surface area contributed by atoms with Crippen molar-refractivity contribution < 1.29 is 18.7 Å². The molecule has 0 atom stereocenters. The molecule has 5 nitrogen and oxygen atoms in total. The molecule has 6 heteroatoms. The van der Waals surface area contributed by atoms with Gasteiger partial charge in [-0.05, 0) is 80.0 Å². The monoisotopic (exact) mass is 382 g/mol. The lowest BCUT2D eigenvalue weighted by atomic mass is 9.87. The highest BCUT2D eigenvalue weighted by Gasteiger charge is 2.25. The van der Waals surface area contributed by atoms with Crippen LogP contribution in [0, 0.1) is 5.82 Å². The van der Waals surface area contributed by atoms with Gasteiger partial charge in [0.15, 0.2) is 6.61 Å². The number of fused-ring (bicyclic) bond motifs is 1. The van der Waals surface area contributed by atoms with Crippen molar-refractivity contribution in [3.8, 4) is 5.75 Å². The van der Waals surface area contributed by atoms with E-state index in [-0.39, 0.29) is 18.4 Å². The molecule has 28 heavy (non-hydrogen) atoms. The molecule has 0 spiro atoms. The molecule has 2 amide bonds.